The molecule has 1 heterocycles. The van der Waals surface area contributed by atoms with Crippen LogP contribution in [-0.4, -0.2) is 62.2 Å². The second-order valence-electron chi connectivity index (χ2n) is 8.21. The number of halogens is 1. The summed E-state index contributed by atoms with van der Waals surface area (Å²) in [6.45, 7) is 13.7. The molecule has 0 atom stereocenters. The molecule has 0 saturated carbocycles. The molecule has 0 unspecified atom stereocenters. The SMILES string of the molecule is CCN(CC)Cc1ccc(CNC(=NC)NCc2ccccc2CN2CCOCC2)cc1.I. The monoisotopic (exact) mass is 565 g/mol. The summed E-state index contributed by atoms with van der Waals surface area (Å²) in [5, 5.41) is 6.92. The molecule has 182 valence electrons. The molecule has 0 radical (unpaired) electrons. The van der Waals surface area contributed by atoms with E-state index >= 15 is 0 Å². The van der Waals surface area contributed by atoms with E-state index in [9.17, 15) is 0 Å². The third-order valence-corrected chi connectivity index (χ3v) is 6.07. The Balaban J connectivity index is 0.00000385. The minimum Gasteiger partial charge on any atom is -0.379 e. The first-order valence-corrected chi connectivity index (χ1v) is 11.8. The fraction of sp³-hybridized carbons (Fsp3) is 0.500. The molecule has 1 fully saturated rings. The van der Waals surface area contributed by atoms with Crippen molar-refractivity contribution >= 4 is 29.9 Å². The molecule has 2 aromatic carbocycles. The van der Waals surface area contributed by atoms with E-state index in [-0.39, 0.29) is 24.0 Å². The second kappa shape index (κ2) is 15.3. The molecular weight excluding hydrogens is 525 g/mol. The number of hydrogen-bond acceptors (Lipinski definition) is 4. The van der Waals surface area contributed by atoms with Crippen LogP contribution in [0.4, 0.5) is 0 Å². The van der Waals surface area contributed by atoms with Crippen LogP contribution in [0.2, 0.25) is 0 Å². The minimum atomic E-state index is 0. The van der Waals surface area contributed by atoms with E-state index in [0.29, 0.717) is 0 Å². The van der Waals surface area contributed by atoms with Crippen LogP contribution in [0.25, 0.3) is 0 Å². The Bertz CT molecular complexity index is 833. The standard InChI is InChI=1S/C26H39N5O.HI/c1-4-30(5-2)20-23-12-10-22(11-13-23)18-28-26(27-3)29-19-24-8-6-7-9-25(24)21-31-14-16-32-17-15-31;/h6-13H,4-5,14-21H2,1-3H3,(H2,27,28,29);1H. The average Bonchev–Trinajstić information content (AvgIpc) is 2.85. The van der Waals surface area contributed by atoms with Crippen molar-refractivity contribution in [1.29, 1.82) is 0 Å². The molecule has 0 aliphatic carbocycles. The number of hydrogen-bond donors (Lipinski definition) is 2. The van der Waals surface area contributed by atoms with E-state index in [0.717, 1.165) is 71.5 Å². The lowest BCUT2D eigenvalue weighted by Gasteiger charge is -2.27. The molecule has 33 heavy (non-hydrogen) atoms. The van der Waals surface area contributed by atoms with E-state index < -0.39 is 0 Å². The molecule has 2 aromatic rings. The molecule has 1 aliphatic heterocycles. The lowest BCUT2D eigenvalue weighted by Crippen LogP contribution is -2.37. The summed E-state index contributed by atoms with van der Waals surface area (Å²) in [7, 11) is 1.82. The van der Waals surface area contributed by atoms with Gasteiger partial charge >= 0.3 is 0 Å². The van der Waals surface area contributed by atoms with Gasteiger partial charge in [0.25, 0.3) is 0 Å². The fourth-order valence-corrected chi connectivity index (χ4v) is 3.94. The molecule has 3 rings (SSSR count). The summed E-state index contributed by atoms with van der Waals surface area (Å²) in [6.07, 6.45) is 0. The molecule has 0 amide bonds. The molecule has 0 bridgehead atoms. The number of benzene rings is 2. The second-order valence-corrected chi connectivity index (χ2v) is 8.21. The normalized spacial score (nSPS) is 14.7. The van der Waals surface area contributed by atoms with Crippen LogP contribution in [0.5, 0.6) is 0 Å². The van der Waals surface area contributed by atoms with Crippen LogP contribution >= 0.6 is 24.0 Å². The quantitative estimate of drug-likeness (QED) is 0.261. The maximum atomic E-state index is 5.48. The van der Waals surface area contributed by atoms with Gasteiger partial charge in [-0.25, -0.2) is 0 Å². The van der Waals surface area contributed by atoms with Crippen molar-refractivity contribution in [2.24, 2.45) is 4.99 Å². The Hall–Kier alpha value is -1.68. The number of nitrogens with one attached hydrogen (secondary N) is 2. The van der Waals surface area contributed by atoms with Crippen LogP contribution in [-0.2, 0) is 30.9 Å². The maximum absolute atomic E-state index is 5.48. The van der Waals surface area contributed by atoms with Crippen molar-refractivity contribution in [2.75, 3.05) is 46.4 Å². The van der Waals surface area contributed by atoms with E-state index in [1.807, 2.05) is 7.05 Å². The van der Waals surface area contributed by atoms with Gasteiger partial charge in [-0.15, -0.1) is 24.0 Å². The lowest BCUT2D eigenvalue weighted by atomic mass is 10.1. The van der Waals surface area contributed by atoms with E-state index in [1.54, 1.807) is 0 Å². The summed E-state index contributed by atoms with van der Waals surface area (Å²) in [6, 6.07) is 17.5. The van der Waals surface area contributed by atoms with Crippen LogP contribution < -0.4 is 10.6 Å². The predicted molar refractivity (Wildman–Crippen MR) is 148 cm³/mol. The van der Waals surface area contributed by atoms with E-state index in [4.69, 9.17) is 4.74 Å². The maximum Gasteiger partial charge on any atom is 0.191 e. The van der Waals surface area contributed by atoms with Crippen LogP contribution in [0.15, 0.2) is 53.5 Å². The average molecular weight is 566 g/mol. The third kappa shape index (κ3) is 9.23. The van der Waals surface area contributed by atoms with Gasteiger partial charge in [-0.3, -0.25) is 14.8 Å². The number of guanidine groups is 1. The third-order valence-electron chi connectivity index (χ3n) is 6.07. The highest BCUT2D eigenvalue weighted by atomic mass is 127. The van der Waals surface area contributed by atoms with Gasteiger partial charge in [-0.05, 0) is 35.3 Å². The highest BCUT2D eigenvalue weighted by molar-refractivity contribution is 14.0. The molecule has 0 aromatic heterocycles. The Kier molecular flexibility index (Phi) is 12.8. The highest BCUT2D eigenvalue weighted by Crippen LogP contribution is 2.13. The van der Waals surface area contributed by atoms with Crippen molar-refractivity contribution in [2.45, 2.75) is 40.0 Å². The Morgan fingerprint density at radius 3 is 2.15 bits per heavy atom. The first-order chi connectivity index (χ1) is 15.7. The first kappa shape index (κ1) is 27.6. The zero-order chi connectivity index (χ0) is 22.6. The Labute approximate surface area is 216 Å². The van der Waals surface area contributed by atoms with Gasteiger partial charge in [0.1, 0.15) is 0 Å². The zero-order valence-electron chi connectivity index (χ0n) is 20.3. The summed E-state index contributed by atoms with van der Waals surface area (Å²) < 4.78 is 5.48. The van der Waals surface area contributed by atoms with Crippen molar-refractivity contribution < 1.29 is 4.74 Å². The number of rotatable bonds is 10. The number of nitrogens with zero attached hydrogens (tertiary/aromatic N) is 3. The van der Waals surface area contributed by atoms with Crippen LogP contribution in [0, 0.1) is 0 Å². The van der Waals surface area contributed by atoms with Crippen LogP contribution in [0.1, 0.15) is 36.1 Å². The summed E-state index contributed by atoms with van der Waals surface area (Å²) in [5.41, 5.74) is 5.28. The molecule has 0 spiro atoms. The van der Waals surface area contributed by atoms with Crippen molar-refractivity contribution in [3.63, 3.8) is 0 Å². The molecule has 2 N–H and O–H groups in total. The van der Waals surface area contributed by atoms with Gasteiger partial charge < -0.3 is 15.4 Å². The van der Waals surface area contributed by atoms with Crippen molar-refractivity contribution in [3.05, 3.63) is 70.8 Å². The van der Waals surface area contributed by atoms with Crippen molar-refractivity contribution in [3.8, 4) is 0 Å². The van der Waals surface area contributed by atoms with E-state index in [2.05, 4.69) is 87.8 Å². The largest absolute Gasteiger partial charge is 0.379 e. The molecular formula is C26H40IN5O. The fourth-order valence-electron chi connectivity index (χ4n) is 3.94. The van der Waals surface area contributed by atoms with Gasteiger partial charge in [0.2, 0.25) is 0 Å². The van der Waals surface area contributed by atoms with Crippen LogP contribution in [0.3, 0.4) is 0 Å². The van der Waals surface area contributed by atoms with Gasteiger partial charge in [0, 0.05) is 46.3 Å². The zero-order valence-corrected chi connectivity index (χ0v) is 22.7. The predicted octanol–water partition coefficient (Wildman–Crippen LogP) is 3.84. The molecule has 6 nitrogen and oxygen atoms in total. The number of ether oxygens (including phenoxy) is 1. The van der Waals surface area contributed by atoms with Gasteiger partial charge in [-0.2, -0.15) is 0 Å². The molecule has 1 saturated heterocycles. The number of aliphatic imine (C=N–C) groups is 1. The highest BCUT2D eigenvalue weighted by Gasteiger charge is 2.13. The first-order valence-electron chi connectivity index (χ1n) is 11.8. The molecule has 7 heteroatoms. The minimum absolute atomic E-state index is 0. The Morgan fingerprint density at radius 1 is 0.909 bits per heavy atom. The van der Waals surface area contributed by atoms with Gasteiger partial charge in [0.05, 0.1) is 13.2 Å². The summed E-state index contributed by atoms with van der Waals surface area (Å²) in [5.74, 6) is 0.818. The van der Waals surface area contributed by atoms with Gasteiger partial charge in [0.15, 0.2) is 5.96 Å². The lowest BCUT2D eigenvalue weighted by molar-refractivity contribution is 0.0341. The van der Waals surface area contributed by atoms with E-state index in [1.165, 1.54) is 22.3 Å². The smallest absolute Gasteiger partial charge is 0.191 e. The van der Waals surface area contributed by atoms with Gasteiger partial charge in [-0.1, -0.05) is 62.4 Å². The number of morpholine rings is 1. The summed E-state index contributed by atoms with van der Waals surface area (Å²) >= 11 is 0. The summed E-state index contributed by atoms with van der Waals surface area (Å²) in [4.78, 5) is 9.29. The Morgan fingerprint density at radius 2 is 1.52 bits per heavy atom. The molecule has 1 aliphatic rings. The topological polar surface area (TPSA) is 52.1 Å². The van der Waals surface area contributed by atoms with Crippen molar-refractivity contribution in [1.82, 2.24) is 20.4 Å².